The minimum atomic E-state index is -0.485. The Balaban J connectivity index is 1.89. The first-order valence-corrected chi connectivity index (χ1v) is 7.00. The van der Waals surface area contributed by atoms with Gasteiger partial charge in [0.2, 0.25) is 0 Å². The molecule has 0 saturated heterocycles. The van der Waals surface area contributed by atoms with Crippen molar-refractivity contribution in [2.45, 2.75) is 13.2 Å². The first kappa shape index (κ1) is 14.7. The van der Waals surface area contributed by atoms with E-state index >= 15 is 0 Å². The van der Waals surface area contributed by atoms with Gasteiger partial charge >= 0.3 is 5.63 Å². The molecule has 0 aliphatic carbocycles. The lowest BCUT2D eigenvalue weighted by atomic mass is 10.1. The van der Waals surface area contributed by atoms with Crippen LogP contribution in [0.1, 0.15) is 11.1 Å². The largest absolute Gasteiger partial charge is 0.489 e. The van der Waals surface area contributed by atoms with Crippen LogP contribution in [0.2, 0.25) is 0 Å². The maximum Gasteiger partial charge on any atom is 0.336 e. The summed E-state index contributed by atoms with van der Waals surface area (Å²) in [7, 11) is 0. The first-order valence-electron chi connectivity index (χ1n) is 7.00. The van der Waals surface area contributed by atoms with Gasteiger partial charge in [0.1, 0.15) is 17.9 Å². The Bertz CT molecular complexity index is 929. The Morgan fingerprint density at radius 1 is 1.13 bits per heavy atom. The van der Waals surface area contributed by atoms with E-state index in [2.05, 4.69) is 10.0 Å². The summed E-state index contributed by atoms with van der Waals surface area (Å²) in [6.45, 7) is 0.526. The van der Waals surface area contributed by atoms with Crippen LogP contribution in [0.4, 0.5) is 0 Å². The quantitative estimate of drug-likeness (QED) is 0.306. The maximum atomic E-state index is 11.6. The molecule has 0 fully saturated rings. The van der Waals surface area contributed by atoms with E-state index in [0.717, 1.165) is 10.9 Å². The second-order valence-electron chi connectivity index (χ2n) is 4.91. The van der Waals surface area contributed by atoms with Gasteiger partial charge in [0.15, 0.2) is 0 Å². The molecule has 0 spiro atoms. The molecule has 23 heavy (non-hydrogen) atoms. The van der Waals surface area contributed by atoms with E-state index in [4.69, 9.17) is 14.7 Å². The minimum absolute atomic E-state index is 0.100. The lowest BCUT2D eigenvalue weighted by Gasteiger charge is -2.08. The van der Waals surface area contributed by atoms with Crippen molar-refractivity contribution < 1.29 is 9.15 Å². The Labute approximate surface area is 131 Å². The summed E-state index contributed by atoms with van der Waals surface area (Å²) < 4.78 is 10.9. The van der Waals surface area contributed by atoms with Gasteiger partial charge in [-0.2, -0.15) is 0 Å². The van der Waals surface area contributed by atoms with Crippen LogP contribution in [0.25, 0.3) is 21.4 Å². The Hall–Kier alpha value is -3.24. The zero-order chi connectivity index (χ0) is 16.1. The predicted octanol–water partition coefficient (Wildman–Crippen LogP) is 4.18. The Morgan fingerprint density at radius 2 is 1.96 bits per heavy atom. The van der Waals surface area contributed by atoms with Crippen LogP contribution in [0.3, 0.4) is 0 Å². The molecular formula is C17H13N3O3. The molecule has 1 heterocycles. The molecule has 0 aliphatic rings. The number of azide groups is 1. The monoisotopic (exact) mass is 307 g/mol. The van der Waals surface area contributed by atoms with Crippen molar-refractivity contribution in [2.75, 3.05) is 0 Å². The summed E-state index contributed by atoms with van der Waals surface area (Å²) in [5.41, 5.74) is 10.0. The molecule has 114 valence electrons. The second kappa shape index (κ2) is 6.68. The molecule has 0 unspecified atom stereocenters. The van der Waals surface area contributed by atoms with Crippen molar-refractivity contribution in [3.8, 4) is 5.75 Å². The molecule has 0 radical (unpaired) electrons. The molecule has 0 N–H and O–H groups in total. The average molecular weight is 307 g/mol. The standard InChI is InChI=1S/C17H13N3O3/c18-20-19-10-13-8-17(21)23-16-9-14(6-7-15(13)16)22-11-12-4-2-1-3-5-12/h1-9H,10-11H2. The van der Waals surface area contributed by atoms with Gasteiger partial charge in [-0.05, 0) is 28.8 Å². The third-order valence-corrected chi connectivity index (χ3v) is 3.35. The lowest BCUT2D eigenvalue weighted by molar-refractivity contribution is 0.306. The summed E-state index contributed by atoms with van der Waals surface area (Å²) in [6.07, 6.45) is 0. The fourth-order valence-electron chi connectivity index (χ4n) is 2.28. The minimum Gasteiger partial charge on any atom is -0.489 e. The summed E-state index contributed by atoms with van der Waals surface area (Å²) in [5, 5.41) is 4.23. The average Bonchev–Trinajstić information content (AvgIpc) is 2.58. The number of hydrogen-bond acceptors (Lipinski definition) is 4. The second-order valence-corrected chi connectivity index (χ2v) is 4.91. The highest BCUT2D eigenvalue weighted by atomic mass is 16.5. The fourth-order valence-corrected chi connectivity index (χ4v) is 2.28. The van der Waals surface area contributed by atoms with Crippen LogP contribution in [0, 0.1) is 0 Å². The van der Waals surface area contributed by atoms with E-state index in [9.17, 15) is 4.79 Å². The Morgan fingerprint density at radius 3 is 2.74 bits per heavy atom. The van der Waals surface area contributed by atoms with E-state index in [1.807, 2.05) is 30.3 Å². The predicted molar refractivity (Wildman–Crippen MR) is 86.1 cm³/mol. The summed E-state index contributed by atoms with van der Waals surface area (Å²) in [5.74, 6) is 0.602. The topological polar surface area (TPSA) is 88.2 Å². The molecule has 0 atom stereocenters. The molecule has 0 saturated carbocycles. The van der Waals surface area contributed by atoms with Gasteiger partial charge in [-0.15, -0.1) is 0 Å². The van der Waals surface area contributed by atoms with Crippen LogP contribution < -0.4 is 10.4 Å². The summed E-state index contributed by atoms with van der Waals surface area (Å²) in [4.78, 5) is 14.3. The van der Waals surface area contributed by atoms with Crippen LogP contribution in [-0.4, -0.2) is 0 Å². The highest BCUT2D eigenvalue weighted by molar-refractivity contribution is 5.81. The van der Waals surface area contributed by atoms with E-state index in [1.165, 1.54) is 6.07 Å². The van der Waals surface area contributed by atoms with Crippen LogP contribution >= 0.6 is 0 Å². The highest BCUT2D eigenvalue weighted by Gasteiger charge is 2.07. The van der Waals surface area contributed by atoms with Gasteiger partial charge in [0.25, 0.3) is 0 Å². The third-order valence-electron chi connectivity index (χ3n) is 3.35. The zero-order valence-corrected chi connectivity index (χ0v) is 12.2. The maximum absolute atomic E-state index is 11.6. The molecule has 0 aliphatic heterocycles. The molecule has 6 heteroatoms. The number of benzene rings is 2. The molecule has 0 bridgehead atoms. The normalized spacial score (nSPS) is 10.3. The van der Waals surface area contributed by atoms with Crippen molar-refractivity contribution in [1.29, 1.82) is 0 Å². The van der Waals surface area contributed by atoms with Gasteiger partial charge in [-0.3, -0.25) is 0 Å². The van der Waals surface area contributed by atoms with Gasteiger partial charge in [-0.1, -0.05) is 35.4 Å². The summed E-state index contributed by atoms with van der Waals surface area (Å²) in [6, 6.07) is 16.4. The van der Waals surface area contributed by atoms with Crippen LogP contribution in [0.15, 0.2) is 68.9 Å². The molecule has 3 aromatic rings. The van der Waals surface area contributed by atoms with Gasteiger partial charge in [0.05, 0.1) is 6.54 Å². The number of nitrogens with zero attached hydrogens (tertiary/aromatic N) is 3. The molecule has 1 aromatic heterocycles. The van der Waals surface area contributed by atoms with Crippen molar-refractivity contribution in [2.24, 2.45) is 5.11 Å². The van der Waals surface area contributed by atoms with Crippen molar-refractivity contribution >= 4 is 11.0 Å². The van der Waals surface area contributed by atoms with Crippen LogP contribution in [0.5, 0.6) is 5.75 Å². The van der Waals surface area contributed by atoms with Crippen molar-refractivity contribution in [3.63, 3.8) is 0 Å². The van der Waals surface area contributed by atoms with Gasteiger partial charge in [0, 0.05) is 22.4 Å². The first-order chi connectivity index (χ1) is 11.3. The molecule has 0 amide bonds. The van der Waals surface area contributed by atoms with Crippen molar-refractivity contribution in [1.82, 2.24) is 0 Å². The SMILES string of the molecule is [N-]=[N+]=NCc1cc(=O)oc2cc(OCc3ccccc3)ccc12. The highest BCUT2D eigenvalue weighted by Crippen LogP contribution is 2.24. The molecule has 2 aromatic carbocycles. The molecule has 3 rings (SSSR count). The van der Waals surface area contributed by atoms with E-state index < -0.39 is 5.63 Å². The van der Waals surface area contributed by atoms with Crippen LogP contribution in [-0.2, 0) is 13.2 Å². The molecule has 6 nitrogen and oxygen atoms in total. The smallest absolute Gasteiger partial charge is 0.336 e. The van der Waals surface area contributed by atoms with E-state index in [-0.39, 0.29) is 6.54 Å². The molecular weight excluding hydrogens is 294 g/mol. The van der Waals surface area contributed by atoms with E-state index in [0.29, 0.717) is 23.5 Å². The summed E-state index contributed by atoms with van der Waals surface area (Å²) >= 11 is 0. The number of ether oxygens (including phenoxy) is 1. The lowest BCUT2D eigenvalue weighted by Crippen LogP contribution is -2.01. The van der Waals surface area contributed by atoms with E-state index in [1.54, 1.807) is 18.2 Å². The number of hydrogen-bond donors (Lipinski definition) is 0. The fraction of sp³-hybridized carbons (Fsp3) is 0.118. The van der Waals surface area contributed by atoms with Gasteiger partial charge < -0.3 is 9.15 Å². The Kier molecular flexibility index (Phi) is 4.27. The third kappa shape index (κ3) is 3.51. The van der Waals surface area contributed by atoms with Crippen molar-refractivity contribution in [3.05, 3.63) is 86.6 Å². The number of fused-ring (bicyclic) bond motifs is 1. The number of rotatable bonds is 5. The van der Waals surface area contributed by atoms with Gasteiger partial charge in [-0.25, -0.2) is 4.79 Å². The zero-order valence-electron chi connectivity index (χ0n) is 12.2.